The third kappa shape index (κ3) is 6.20. The number of hydrogen-bond acceptors (Lipinski definition) is 5. The summed E-state index contributed by atoms with van der Waals surface area (Å²) in [4.78, 5) is 38.6. The molecule has 0 bridgehead atoms. The number of hydrogen-bond donors (Lipinski definition) is 3. The molecule has 6 rings (SSSR count). The molecule has 43 heavy (non-hydrogen) atoms. The summed E-state index contributed by atoms with van der Waals surface area (Å²) in [5.74, 6) is -0.350. The number of amides is 2. The van der Waals surface area contributed by atoms with E-state index in [-0.39, 0.29) is 17.9 Å². The summed E-state index contributed by atoms with van der Waals surface area (Å²) in [5.41, 5.74) is 7.92. The lowest BCUT2D eigenvalue weighted by Crippen LogP contribution is -2.44. The standard InChI is InChI=1S/C35H40N6O2/c1-4-31(42)38-30-21-25(11-10-23(30)2)32-29-20-26(35(43)37-27-8-6-5-7-9-27)22-36-34(29)39-33(32)24-12-14-28(15-13-24)41-18-16-40(3)17-19-41/h4,10-15,20-22,27H,1,5-9,16-19H2,2-3H3,(H,36,39)(H,37,43)(H,38,42). The van der Waals surface area contributed by atoms with Gasteiger partial charge in [-0.2, -0.15) is 0 Å². The van der Waals surface area contributed by atoms with Gasteiger partial charge in [-0.1, -0.05) is 50.1 Å². The van der Waals surface area contributed by atoms with Crippen molar-refractivity contribution in [1.82, 2.24) is 20.2 Å². The van der Waals surface area contributed by atoms with Gasteiger partial charge in [0.1, 0.15) is 5.65 Å². The molecule has 2 fully saturated rings. The Morgan fingerprint density at radius 3 is 2.42 bits per heavy atom. The van der Waals surface area contributed by atoms with Gasteiger partial charge in [-0.15, -0.1) is 0 Å². The van der Waals surface area contributed by atoms with Crippen molar-refractivity contribution in [3.05, 3.63) is 78.5 Å². The van der Waals surface area contributed by atoms with Crippen LogP contribution in [0.1, 0.15) is 48.0 Å². The Hall–Kier alpha value is -4.43. The fourth-order valence-corrected chi connectivity index (χ4v) is 6.23. The molecule has 4 aromatic rings. The predicted molar refractivity (Wildman–Crippen MR) is 175 cm³/mol. The Kier molecular flexibility index (Phi) is 8.29. The number of anilines is 2. The van der Waals surface area contributed by atoms with Gasteiger partial charge in [0, 0.05) is 60.7 Å². The van der Waals surface area contributed by atoms with Gasteiger partial charge in [0.25, 0.3) is 5.91 Å². The number of aryl methyl sites for hydroxylation is 1. The zero-order valence-electron chi connectivity index (χ0n) is 25.1. The van der Waals surface area contributed by atoms with Crippen molar-refractivity contribution in [2.75, 3.05) is 43.4 Å². The highest BCUT2D eigenvalue weighted by Gasteiger charge is 2.22. The highest BCUT2D eigenvalue weighted by atomic mass is 16.2. The average Bonchev–Trinajstić information content (AvgIpc) is 3.42. The van der Waals surface area contributed by atoms with Crippen LogP contribution in [0.15, 0.2) is 67.4 Å². The number of piperazine rings is 1. The van der Waals surface area contributed by atoms with Gasteiger partial charge in [-0.3, -0.25) is 9.59 Å². The molecule has 0 radical (unpaired) electrons. The van der Waals surface area contributed by atoms with E-state index in [0.29, 0.717) is 16.9 Å². The van der Waals surface area contributed by atoms with Gasteiger partial charge in [0.2, 0.25) is 5.91 Å². The number of nitrogens with zero attached hydrogens (tertiary/aromatic N) is 3. The third-order valence-corrected chi connectivity index (χ3v) is 8.85. The smallest absolute Gasteiger partial charge is 0.253 e. The molecule has 3 heterocycles. The van der Waals surface area contributed by atoms with E-state index in [1.54, 1.807) is 6.20 Å². The molecule has 1 saturated heterocycles. The van der Waals surface area contributed by atoms with E-state index in [9.17, 15) is 9.59 Å². The van der Waals surface area contributed by atoms with E-state index in [1.165, 1.54) is 18.2 Å². The second kappa shape index (κ2) is 12.4. The molecule has 3 N–H and O–H groups in total. The molecular weight excluding hydrogens is 536 g/mol. The summed E-state index contributed by atoms with van der Waals surface area (Å²) >= 11 is 0. The number of nitrogens with one attached hydrogen (secondary N) is 3. The molecule has 1 aliphatic carbocycles. The quantitative estimate of drug-likeness (QED) is 0.230. The number of benzene rings is 2. The van der Waals surface area contributed by atoms with Crippen molar-refractivity contribution in [1.29, 1.82) is 0 Å². The molecule has 2 amide bonds. The van der Waals surface area contributed by atoms with Crippen LogP contribution in [-0.2, 0) is 4.79 Å². The number of pyridine rings is 1. The van der Waals surface area contributed by atoms with Gasteiger partial charge in [0.05, 0.1) is 11.3 Å². The van der Waals surface area contributed by atoms with Crippen molar-refractivity contribution in [2.45, 2.75) is 45.1 Å². The molecule has 8 heteroatoms. The first kappa shape index (κ1) is 28.7. The van der Waals surface area contributed by atoms with Crippen molar-refractivity contribution in [3.63, 3.8) is 0 Å². The minimum absolute atomic E-state index is 0.0885. The highest BCUT2D eigenvalue weighted by molar-refractivity contribution is 6.07. The maximum Gasteiger partial charge on any atom is 0.253 e. The molecule has 2 aliphatic rings. The van der Waals surface area contributed by atoms with Crippen LogP contribution in [-0.4, -0.2) is 66.0 Å². The van der Waals surface area contributed by atoms with Crippen LogP contribution < -0.4 is 15.5 Å². The fraction of sp³-hybridized carbons (Fsp3) is 0.343. The number of H-pyrrole nitrogens is 1. The number of carbonyl (C=O) groups is 2. The number of likely N-dealkylation sites (N-methyl/N-ethyl adjacent to an activating group) is 1. The molecular formula is C35H40N6O2. The number of carbonyl (C=O) groups excluding carboxylic acids is 2. The number of fused-ring (bicyclic) bond motifs is 1. The second-order valence-electron chi connectivity index (χ2n) is 11.9. The van der Waals surface area contributed by atoms with E-state index in [4.69, 9.17) is 4.98 Å². The van der Waals surface area contributed by atoms with Crippen molar-refractivity contribution in [2.24, 2.45) is 0 Å². The second-order valence-corrected chi connectivity index (χ2v) is 11.9. The molecule has 1 saturated carbocycles. The van der Waals surface area contributed by atoms with Gasteiger partial charge < -0.3 is 25.4 Å². The Labute approximate surface area is 253 Å². The molecule has 222 valence electrons. The fourth-order valence-electron chi connectivity index (χ4n) is 6.23. The zero-order chi connectivity index (χ0) is 29.9. The van der Waals surface area contributed by atoms with Crippen LogP contribution >= 0.6 is 0 Å². The maximum absolute atomic E-state index is 13.3. The van der Waals surface area contributed by atoms with Gasteiger partial charge in [-0.05, 0) is 73.8 Å². The number of aromatic amines is 1. The van der Waals surface area contributed by atoms with Gasteiger partial charge in [-0.25, -0.2) is 4.98 Å². The summed E-state index contributed by atoms with van der Waals surface area (Å²) in [6.07, 6.45) is 8.51. The van der Waals surface area contributed by atoms with Crippen LogP contribution in [0.25, 0.3) is 33.4 Å². The molecule has 8 nitrogen and oxygen atoms in total. The minimum Gasteiger partial charge on any atom is -0.369 e. The van der Waals surface area contributed by atoms with Crippen molar-refractivity contribution < 1.29 is 9.59 Å². The normalized spacial score (nSPS) is 16.3. The van der Waals surface area contributed by atoms with E-state index >= 15 is 0 Å². The Bertz CT molecular complexity index is 1640. The molecule has 1 aliphatic heterocycles. The summed E-state index contributed by atoms with van der Waals surface area (Å²) in [6.45, 7) is 9.67. The lowest BCUT2D eigenvalue weighted by atomic mass is 9.95. The van der Waals surface area contributed by atoms with Crippen molar-refractivity contribution in [3.8, 4) is 22.4 Å². The topological polar surface area (TPSA) is 93.4 Å². The Morgan fingerprint density at radius 1 is 0.977 bits per heavy atom. The molecule has 0 spiro atoms. The van der Waals surface area contributed by atoms with Crippen LogP contribution in [0.5, 0.6) is 0 Å². The van der Waals surface area contributed by atoms with E-state index in [0.717, 1.165) is 85.2 Å². The third-order valence-electron chi connectivity index (χ3n) is 8.85. The molecule has 2 aromatic heterocycles. The maximum atomic E-state index is 13.3. The number of rotatable bonds is 7. The van der Waals surface area contributed by atoms with E-state index in [1.807, 2.05) is 25.1 Å². The average molecular weight is 577 g/mol. The van der Waals surface area contributed by atoms with Crippen LogP contribution in [0.3, 0.4) is 0 Å². The zero-order valence-corrected chi connectivity index (χ0v) is 25.1. The van der Waals surface area contributed by atoms with Crippen LogP contribution in [0, 0.1) is 6.92 Å². The lowest BCUT2D eigenvalue weighted by Gasteiger charge is -2.34. The highest BCUT2D eigenvalue weighted by Crippen LogP contribution is 2.40. The van der Waals surface area contributed by atoms with Gasteiger partial charge >= 0.3 is 0 Å². The summed E-state index contributed by atoms with van der Waals surface area (Å²) in [5, 5.41) is 7.02. The number of aromatic nitrogens is 2. The monoisotopic (exact) mass is 576 g/mol. The molecule has 2 aromatic carbocycles. The summed E-state index contributed by atoms with van der Waals surface area (Å²) in [6, 6.07) is 16.8. The first-order valence-electron chi connectivity index (χ1n) is 15.3. The van der Waals surface area contributed by atoms with Crippen molar-refractivity contribution >= 4 is 34.2 Å². The minimum atomic E-state index is -0.262. The summed E-state index contributed by atoms with van der Waals surface area (Å²) < 4.78 is 0. The van der Waals surface area contributed by atoms with E-state index in [2.05, 4.69) is 69.4 Å². The largest absolute Gasteiger partial charge is 0.369 e. The SMILES string of the molecule is C=CC(=O)Nc1cc(-c2c(-c3ccc(N4CCN(C)CC4)cc3)[nH]c3ncc(C(=O)NC4CCCCC4)cc23)ccc1C. The van der Waals surface area contributed by atoms with Gasteiger partial charge in [0.15, 0.2) is 0 Å². The Balaban J connectivity index is 1.42. The Morgan fingerprint density at radius 2 is 1.70 bits per heavy atom. The van der Waals surface area contributed by atoms with Crippen LogP contribution in [0.4, 0.5) is 11.4 Å². The lowest BCUT2D eigenvalue weighted by molar-refractivity contribution is -0.111. The van der Waals surface area contributed by atoms with E-state index < -0.39 is 0 Å². The first-order chi connectivity index (χ1) is 20.9. The molecule has 0 atom stereocenters. The first-order valence-corrected chi connectivity index (χ1v) is 15.3. The summed E-state index contributed by atoms with van der Waals surface area (Å²) in [7, 11) is 2.16. The van der Waals surface area contributed by atoms with Crippen LogP contribution in [0.2, 0.25) is 0 Å². The molecule has 0 unspecified atom stereocenters. The predicted octanol–water partition coefficient (Wildman–Crippen LogP) is 6.14.